The van der Waals surface area contributed by atoms with Gasteiger partial charge in [-0.1, -0.05) is 50.2 Å². The first kappa shape index (κ1) is 25.4. The Kier molecular flexibility index (Phi) is 7.16. The van der Waals surface area contributed by atoms with E-state index in [1.807, 2.05) is 19.1 Å². The van der Waals surface area contributed by atoms with E-state index in [0.29, 0.717) is 23.7 Å². The van der Waals surface area contributed by atoms with Crippen LogP contribution in [0.2, 0.25) is 0 Å². The molecule has 0 bridgehead atoms. The van der Waals surface area contributed by atoms with Gasteiger partial charge in [0.2, 0.25) is 11.8 Å². The highest BCUT2D eigenvalue weighted by Gasteiger charge is 2.35. The number of rotatable bonds is 9. The molecule has 0 unspecified atom stereocenters. The Bertz CT molecular complexity index is 1230. The minimum absolute atomic E-state index is 0.0661. The fraction of sp³-hybridized carbons (Fsp3) is 0.462. The molecule has 3 aromatic rings. The van der Waals surface area contributed by atoms with Crippen molar-refractivity contribution in [2.75, 3.05) is 17.7 Å². The van der Waals surface area contributed by atoms with Crippen molar-refractivity contribution in [1.82, 2.24) is 14.9 Å². The number of hydrogen-bond acceptors (Lipinski definition) is 7. The number of ether oxygens (including phenoxy) is 1. The normalized spacial score (nSPS) is 17.6. The second-order valence-corrected chi connectivity index (χ2v) is 10.5. The molecule has 0 atom stereocenters. The third-order valence-electron chi connectivity index (χ3n) is 6.14. The molecule has 1 aliphatic rings. The summed E-state index contributed by atoms with van der Waals surface area (Å²) < 4.78 is 12.5. The second-order valence-electron chi connectivity index (χ2n) is 10.5. The van der Waals surface area contributed by atoms with Crippen molar-refractivity contribution >= 4 is 23.5 Å². The summed E-state index contributed by atoms with van der Waals surface area (Å²) >= 11 is 0. The van der Waals surface area contributed by atoms with Crippen LogP contribution < -0.4 is 16.8 Å². The molecule has 2 aromatic heterocycles. The summed E-state index contributed by atoms with van der Waals surface area (Å²) in [6.07, 6.45) is 2.64. The average molecular weight is 495 g/mol. The lowest BCUT2D eigenvalue weighted by atomic mass is 9.89. The van der Waals surface area contributed by atoms with Crippen molar-refractivity contribution in [2.24, 2.45) is 11.1 Å². The van der Waals surface area contributed by atoms with E-state index in [0.717, 1.165) is 30.5 Å². The van der Waals surface area contributed by atoms with Gasteiger partial charge in [0.05, 0.1) is 24.3 Å². The first-order valence-corrected chi connectivity index (χ1v) is 12.2. The lowest BCUT2D eigenvalue weighted by Crippen LogP contribution is -2.34. The number of nitrogens with two attached hydrogens (primary N) is 2. The molecule has 4 rings (SSSR count). The van der Waals surface area contributed by atoms with Crippen molar-refractivity contribution in [3.8, 4) is 11.3 Å². The molecule has 1 fully saturated rings. The van der Waals surface area contributed by atoms with Crippen molar-refractivity contribution < 1.29 is 18.8 Å². The van der Waals surface area contributed by atoms with E-state index in [-0.39, 0.29) is 41.3 Å². The number of benzene rings is 1. The van der Waals surface area contributed by atoms with Crippen LogP contribution in [-0.2, 0) is 22.4 Å². The number of amides is 2. The molecule has 1 aliphatic carbocycles. The molecular formula is C26H34N6O4. The van der Waals surface area contributed by atoms with Crippen molar-refractivity contribution in [3.63, 3.8) is 0 Å². The third-order valence-corrected chi connectivity index (χ3v) is 6.14. The van der Waals surface area contributed by atoms with Crippen LogP contribution in [-0.4, -0.2) is 39.5 Å². The molecule has 5 N–H and O–H groups in total. The number of aromatic nitrogens is 3. The molecule has 1 aromatic carbocycles. The molecule has 1 saturated carbocycles. The van der Waals surface area contributed by atoms with E-state index < -0.39 is 5.91 Å². The summed E-state index contributed by atoms with van der Waals surface area (Å²) in [6, 6.07) is 9.05. The van der Waals surface area contributed by atoms with Gasteiger partial charge in [0, 0.05) is 18.2 Å². The lowest BCUT2D eigenvalue weighted by Gasteiger charge is -2.35. The van der Waals surface area contributed by atoms with E-state index in [1.54, 1.807) is 22.9 Å². The van der Waals surface area contributed by atoms with Crippen LogP contribution in [0.3, 0.4) is 0 Å². The Morgan fingerprint density at radius 2 is 1.92 bits per heavy atom. The standard InChI is InChI=1S/C26H34N6O4/c1-5-35-19-12-18(13-19)32-24(27)22(25(28)34)23(30-32)16-8-6-15(7-9-16)10-20(33)29-21-11-17(31-36-21)14-26(2,3)4/h6-9,11,18-19H,5,10,12-14,27H2,1-4H3,(H2,28,34)(H,29,33). The fourth-order valence-corrected chi connectivity index (χ4v) is 4.43. The second kappa shape index (κ2) is 10.1. The smallest absolute Gasteiger partial charge is 0.254 e. The first-order chi connectivity index (χ1) is 17.0. The Balaban J connectivity index is 1.43. The van der Waals surface area contributed by atoms with Gasteiger partial charge in [-0.05, 0) is 37.2 Å². The van der Waals surface area contributed by atoms with Crippen LogP contribution >= 0.6 is 0 Å². The van der Waals surface area contributed by atoms with E-state index in [9.17, 15) is 9.59 Å². The maximum absolute atomic E-state index is 12.5. The maximum Gasteiger partial charge on any atom is 0.254 e. The number of carbonyl (C=O) groups excluding carboxylic acids is 2. The number of hydrogen-bond donors (Lipinski definition) is 3. The summed E-state index contributed by atoms with van der Waals surface area (Å²) in [4.78, 5) is 24.7. The van der Waals surface area contributed by atoms with Gasteiger partial charge in [0.15, 0.2) is 0 Å². The van der Waals surface area contributed by atoms with Gasteiger partial charge in [0.1, 0.15) is 17.1 Å². The largest absolute Gasteiger partial charge is 0.383 e. The monoisotopic (exact) mass is 494 g/mol. The molecule has 0 spiro atoms. The van der Waals surface area contributed by atoms with Crippen LogP contribution in [0, 0.1) is 5.41 Å². The van der Waals surface area contributed by atoms with Crippen molar-refractivity contribution in [1.29, 1.82) is 0 Å². The van der Waals surface area contributed by atoms with Crippen molar-refractivity contribution in [2.45, 2.75) is 65.5 Å². The average Bonchev–Trinajstić information content (AvgIpc) is 3.33. The van der Waals surface area contributed by atoms with E-state index in [2.05, 4.69) is 36.3 Å². The molecular weight excluding hydrogens is 460 g/mol. The molecule has 10 nitrogen and oxygen atoms in total. The Labute approximate surface area is 210 Å². The van der Waals surface area contributed by atoms with E-state index in [4.69, 9.17) is 20.7 Å². The van der Waals surface area contributed by atoms with Gasteiger partial charge < -0.3 is 20.7 Å². The molecule has 2 amide bonds. The Morgan fingerprint density at radius 3 is 2.53 bits per heavy atom. The number of primary amides is 1. The molecule has 36 heavy (non-hydrogen) atoms. The summed E-state index contributed by atoms with van der Waals surface area (Å²) in [5.41, 5.74) is 14.9. The molecule has 2 heterocycles. The molecule has 192 valence electrons. The highest BCUT2D eigenvalue weighted by Crippen LogP contribution is 2.38. The Morgan fingerprint density at radius 1 is 1.22 bits per heavy atom. The predicted octanol–water partition coefficient (Wildman–Crippen LogP) is 3.73. The van der Waals surface area contributed by atoms with Gasteiger partial charge in [-0.25, -0.2) is 4.68 Å². The lowest BCUT2D eigenvalue weighted by molar-refractivity contribution is -0.115. The predicted molar refractivity (Wildman–Crippen MR) is 136 cm³/mol. The number of nitrogens with zero attached hydrogens (tertiary/aromatic N) is 3. The topological polar surface area (TPSA) is 151 Å². The van der Waals surface area contributed by atoms with E-state index in [1.165, 1.54) is 0 Å². The summed E-state index contributed by atoms with van der Waals surface area (Å²) in [7, 11) is 0. The summed E-state index contributed by atoms with van der Waals surface area (Å²) in [5, 5.41) is 11.4. The van der Waals surface area contributed by atoms with Gasteiger partial charge >= 0.3 is 0 Å². The van der Waals surface area contributed by atoms with Crippen LogP contribution in [0.1, 0.15) is 68.2 Å². The molecule has 0 aliphatic heterocycles. The molecule has 0 radical (unpaired) electrons. The third kappa shape index (κ3) is 5.76. The summed E-state index contributed by atoms with van der Waals surface area (Å²) in [6.45, 7) is 8.95. The zero-order valence-electron chi connectivity index (χ0n) is 21.2. The van der Waals surface area contributed by atoms with Crippen molar-refractivity contribution in [3.05, 3.63) is 47.2 Å². The highest BCUT2D eigenvalue weighted by atomic mass is 16.5. The number of carbonyl (C=O) groups is 2. The summed E-state index contributed by atoms with van der Waals surface area (Å²) in [5.74, 6) is -0.262. The molecule has 10 heteroatoms. The highest BCUT2D eigenvalue weighted by molar-refractivity contribution is 6.03. The minimum Gasteiger partial charge on any atom is -0.383 e. The zero-order chi connectivity index (χ0) is 26.0. The number of nitrogens with one attached hydrogen (secondary N) is 1. The number of nitrogen functional groups attached to an aromatic ring is 1. The Hall–Kier alpha value is -3.66. The number of anilines is 2. The van der Waals surface area contributed by atoms with Gasteiger partial charge in [-0.3, -0.25) is 14.9 Å². The van der Waals surface area contributed by atoms with Crippen LogP contribution in [0.15, 0.2) is 34.9 Å². The van der Waals surface area contributed by atoms with Gasteiger partial charge in [0.25, 0.3) is 5.91 Å². The quantitative estimate of drug-likeness (QED) is 0.410. The van der Waals surface area contributed by atoms with Crippen LogP contribution in [0.25, 0.3) is 11.3 Å². The van der Waals surface area contributed by atoms with Crippen LogP contribution in [0.5, 0.6) is 0 Å². The SMILES string of the molecule is CCOC1CC(n2nc(-c3ccc(CC(=O)Nc4cc(CC(C)(C)C)no4)cc3)c(C(N)=O)c2N)C1. The van der Waals surface area contributed by atoms with Gasteiger partial charge in [-0.15, -0.1) is 0 Å². The first-order valence-electron chi connectivity index (χ1n) is 12.2. The van der Waals surface area contributed by atoms with E-state index >= 15 is 0 Å². The fourth-order valence-electron chi connectivity index (χ4n) is 4.43. The van der Waals surface area contributed by atoms with Crippen LogP contribution in [0.4, 0.5) is 11.7 Å². The molecule has 0 saturated heterocycles. The van der Waals surface area contributed by atoms with Gasteiger partial charge in [-0.2, -0.15) is 5.10 Å². The maximum atomic E-state index is 12.5. The minimum atomic E-state index is -0.629. The zero-order valence-corrected chi connectivity index (χ0v) is 21.2.